The van der Waals surface area contributed by atoms with Gasteiger partial charge in [0, 0.05) is 32.8 Å². The number of nitrogens with zero attached hydrogens (tertiary/aromatic N) is 5. The van der Waals surface area contributed by atoms with Crippen LogP contribution in [0.4, 0.5) is 8.78 Å². The highest BCUT2D eigenvalue weighted by Crippen LogP contribution is 2.45. The van der Waals surface area contributed by atoms with E-state index in [-0.39, 0.29) is 47.4 Å². The maximum absolute atomic E-state index is 14.3. The molecule has 0 bridgehead atoms. The molecule has 0 saturated heterocycles. The van der Waals surface area contributed by atoms with Crippen molar-refractivity contribution >= 4 is 17.2 Å². The van der Waals surface area contributed by atoms with Gasteiger partial charge in [-0.1, -0.05) is 54.7 Å². The quantitative estimate of drug-likeness (QED) is 0.322. The second kappa shape index (κ2) is 10.4. The van der Waals surface area contributed by atoms with Crippen molar-refractivity contribution in [2.75, 3.05) is 19.1 Å². The summed E-state index contributed by atoms with van der Waals surface area (Å²) in [5, 5.41) is 11.2. The number of halogens is 2. The molecule has 2 aromatic carbocycles. The number of carbonyl (C=O) groups excluding carboxylic acids is 1. The molecule has 6 rings (SSSR count). The molecule has 1 spiro atoms. The third-order valence-electron chi connectivity index (χ3n) is 8.37. The highest BCUT2D eigenvalue weighted by Gasteiger charge is 2.53. The summed E-state index contributed by atoms with van der Waals surface area (Å²) in [6, 6.07) is 12.8. The molecule has 2 unspecified atom stereocenters. The lowest BCUT2D eigenvalue weighted by atomic mass is 9.94. The largest absolute Gasteiger partial charge is 0.482 e. The Balaban J connectivity index is 1.46. The minimum Gasteiger partial charge on any atom is -0.482 e. The van der Waals surface area contributed by atoms with Gasteiger partial charge in [-0.25, -0.2) is 8.78 Å². The zero-order valence-electron chi connectivity index (χ0n) is 22.9. The van der Waals surface area contributed by atoms with Gasteiger partial charge in [0.2, 0.25) is 5.43 Å². The average Bonchev–Trinajstić information content (AvgIpc) is 3.59. The maximum atomic E-state index is 14.3. The number of benzene rings is 2. The standard InChI is InChI=1S/C30H29F2N5O3S/c1-18-8-7-13-30(18)35(2)29(39)25-27(40-17-19-9-5-4-6-10-19)26(38)22(16-37(25)36(30)3)28-34-33-24(41-28)14-20-11-12-21(31)15-23(20)32/h4-6,9-12,15-16,18H,7-8,13-14,17H2,1-3H3. The molecule has 11 heteroatoms. The lowest BCUT2D eigenvalue weighted by Gasteiger charge is -2.53. The molecule has 0 radical (unpaired) electrons. The first kappa shape index (κ1) is 27.1. The molecule has 212 valence electrons. The summed E-state index contributed by atoms with van der Waals surface area (Å²) in [5.74, 6) is -1.48. The summed E-state index contributed by atoms with van der Waals surface area (Å²) in [6.45, 7) is 2.24. The summed E-state index contributed by atoms with van der Waals surface area (Å²) in [5.41, 5.74) is 0.468. The van der Waals surface area contributed by atoms with Crippen molar-refractivity contribution in [3.63, 3.8) is 0 Å². The van der Waals surface area contributed by atoms with Gasteiger partial charge < -0.3 is 9.64 Å². The number of aromatic nitrogens is 3. The number of carbonyl (C=O) groups is 1. The molecule has 1 amide bonds. The van der Waals surface area contributed by atoms with Crippen LogP contribution in [0.5, 0.6) is 5.75 Å². The van der Waals surface area contributed by atoms with Crippen LogP contribution in [-0.2, 0) is 13.0 Å². The lowest BCUT2D eigenvalue weighted by molar-refractivity contribution is 0.0264. The van der Waals surface area contributed by atoms with Crippen LogP contribution in [0, 0.1) is 17.6 Å². The van der Waals surface area contributed by atoms with E-state index in [1.165, 1.54) is 12.1 Å². The van der Waals surface area contributed by atoms with Gasteiger partial charge >= 0.3 is 0 Å². The van der Waals surface area contributed by atoms with Gasteiger partial charge in [-0.3, -0.25) is 19.3 Å². The van der Waals surface area contributed by atoms with Crippen molar-refractivity contribution in [3.05, 3.63) is 98.4 Å². The number of rotatable bonds is 6. The second-order valence-corrected chi connectivity index (χ2v) is 11.7. The Morgan fingerprint density at radius 1 is 1.10 bits per heavy atom. The number of fused-ring (bicyclic) bond motifs is 1. The van der Waals surface area contributed by atoms with Crippen LogP contribution in [-0.4, -0.2) is 45.4 Å². The van der Waals surface area contributed by atoms with E-state index in [1.807, 2.05) is 42.4 Å². The van der Waals surface area contributed by atoms with Crippen LogP contribution in [0.3, 0.4) is 0 Å². The van der Waals surface area contributed by atoms with E-state index >= 15 is 0 Å². The second-order valence-electron chi connectivity index (χ2n) is 10.6. The fourth-order valence-corrected chi connectivity index (χ4v) is 7.02. The van der Waals surface area contributed by atoms with Gasteiger partial charge in [-0.05, 0) is 42.4 Å². The number of hydrogen-bond acceptors (Lipinski definition) is 7. The molecular weight excluding hydrogens is 548 g/mol. The molecule has 8 nitrogen and oxygen atoms in total. The van der Waals surface area contributed by atoms with Crippen LogP contribution < -0.4 is 15.2 Å². The maximum Gasteiger partial charge on any atom is 0.278 e. The lowest BCUT2D eigenvalue weighted by Crippen LogP contribution is -2.69. The predicted octanol–water partition coefficient (Wildman–Crippen LogP) is 4.98. The van der Waals surface area contributed by atoms with E-state index in [2.05, 4.69) is 17.1 Å². The van der Waals surface area contributed by atoms with Crippen molar-refractivity contribution in [2.24, 2.45) is 5.92 Å². The number of amides is 1. The number of hydrogen-bond donors (Lipinski definition) is 0. The molecule has 1 fully saturated rings. The monoisotopic (exact) mass is 577 g/mol. The van der Waals surface area contributed by atoms with Crippen molar-refractivity contribution in [3.8, 4) is 16.3 Å². The Morgan fingerprint density at radius 2 is 1.88 bits per heavy atom. The van der Waals surface area contributed by atoms with E-state index in [1.54, 1.807) is 22.8 Å². The van der Waals surface area contributed by atoms with Crippen LogP contribution in [0.2, 0.25) is 0 Å². The Labute approximate surface area is 239 Å². The Morgan fingerprint density at radius 3 is 2.59 bits per heavy atom. The molecule has 3 heterocycles. The third-order valence-corrected chi connectivity index (χ3v) is 9.33. The van der Waals surface area contributed by atoms with Gasteiger partial charge in [-0.15, -0.1) is 10.2 Å². The van der Waals surface area contributed by atoms with Crippen LogP contribution in [0.15, 0.2) is 59.5 Å². The fourth-order valence-electron chi connectivity index (χ4n) is 6.15. The molecule has 2 atom stereocenters. The molecule has 4 aromatic rings. The molecule has 2 aliphatic rings. The van der Waals surface area contributed by atoms with Crippen molar-refractivity contribution in [1.82, 2.24) is 19.8 Å². The normalized spacial score (nSPS) is 20.1. The topological polar surface area (TPSA) is 80.6 Å². The Bertz CT molecular complexity index is 1690. The smallest absolute Gasteiger partial charge is 0.278 e. The first-order valence-corrected chi connectivity index (χ1v) is 14.3. The Kier molecular flexibility index (Phi) is 6.85. The summed E-state index contributed by atoms with van der Waals surface area (Å²) < 4.78 is 35.5. The summed E-state index contributed by atoms with van der Waals surface area (Å²) in [6.07, 6.45) is 4.47. The van der Waals surface area contributed by atoms with Crippen LogP contribution in [0.25, 0.3) is 10.6 Å². The van der Waals surface area contributed by atoms with Gasteiger partial charge in [0.1, 0.15) is 28.9 Å². The SMILES string of the molecule is CC1CCCC12N(C)C(=O)c1c(OCc3ccccc3)c(=O)c(-c3nnc(Cc4ccc(F)cc4F)s3)cn1N2C. The molecule has 0 N–H and O–H groups in total. The average molecular weight is 578 g/mol. The first-order chi connectivity index (χ1) is 19.7. The highest BCUT2D eigenvalue weighted by atomic mass is 32.1. The van der Waals surface area contributed by atoms with E-state index in [0.717, 1.165) is 42.2 Å². The third kappa shape index (κ3) is 4.48. The van der Waals surface area contributed by atoms with E-state index in [9.17, 15) is 18.4 Å². The molecule has 41 heavy (non-hydrogen) atoms. The zero-order chi connectivity index (χ0) is 28.9. The molecule has 1 saturated carbocycles. The van der Waals surface area contributed by atoms with Crippen LogP contribution in [0.1, 0.15) is 52.8 Å². The Hall–Kier alpha value is -4.12. The van der Waals surface area contributed by atoms with Crippen LogP contribution >= 0.6 is 11.3 Å². The summed E-state index contributed by atoms with van der Waals surface area (Å²) in [7, 11) is 3.71. The highest BCUT2D eigenvalue weighted by molar-refractivity contribution is 7.14. The van der Waals surface area contributed by atoms with Crippen molar-refractivity contribution in [1.29, 1.82) is 0 Å². The first-order valence-electron chi connectivity index (χ1n) is 13.5. The van der Waals surface area contributed by atoms with Gasteiger partial charge in [0.25, 0.3) is 5.91 Å². The van der Waals surface area contributed by atoms with Crippen molar-refractivity contribution in [2.45, 2.75) is 44.9 Å². The van der Waals surface area contributed by atoms with E-state index in [4.69, 9.17) is 4.74 Å². The van der Waals surface area contributed by atoms with E-state index in [0.29, 0.717) is 10.0 Å². The molecule has 1 aliphatic heterocycles. The fraction of sp³-hybridized carbons (Fsp3) is 0.333. The molecular formula is C30H29F2N5O3S. The number of ether oxygens (including phenoxy) is 1. The van der Waals surface area contributed by atoms with Crippen molar-refractivity contribution < 1.29 is 18.3 Å². The van der Waals surface area contributed by atoms with Gasteiger partial charge in [0.15, 0.2) is 16.5 Å². The van der Waals surface area contributed by atoms with Gasteiger partial charge in [0.05, 0.1) is 5.56 Å². The molecule has 1 aliphatic carbocycles. The van der Waals surface area contributed by atoms with E-state index < -0.39 is 22.7 Å². The zero-order valence-corrected chi connectivity index (χ0v) is 23.8. The molecule has 2 aromatic heterocycles. The number of pyridine rings is 1. The predicted molar refractivity (Wildman–Crippen MR) is 152 cm³/mol. The van der Waals surface area contributed by atoms with Gasteiger partial charge in [-0.2, -0.15) is 0 Å². The summed E-state index contributed by atoms with van der Waals surface area (Å²) >= 11 is 1.14. The minimum atomic E-state index is -0.674. The minimum absolute atomic E-state index is 0.0584. The summed E-state index contributed by atoms with van der Waals surface area (Å²) in [4.78, 5) is 29.6.